The van der Waals surface area contributed by atoms with E-state index in [1.165, 1.54) is 11.0 Å². The third-order valence-electron chi connectivity index (χ3n) is 3.78. The number of carbonyl (C=O) groups is 2. The molecule has 0 unspecified atom stereocenters. The van der Waals surface area contributed by atoms with Gasteiger partial charge in [-0.2, -0.15) is 0 Å². The topological polar surface area (TPSA) is 51.5 Å². The van der Waals surface area contributed by atoms with E-state index in [2.05, 4.69) is 0 Å². The molecular formula is C18H17FN2O3S. The lowest BCUT2D eigenvalue weighted by atomic mass is 10.3. The smallest absolute Gasteiger partial charge is 0.293 e. The fourth-order valence-electron chi connectivity index (χ4n) is 2.57. The van der Waals surface area contributed by atoms with Crippen molar-refractivity contribution >= 4 is 29.0 Å². The minimum absolute atomic E-state index is 0.295. The quantitative estimate of drug-likeness (QED) is 0.582. The minimum Gasteiger partial charge on any atom is -0.385 e. The van der Waals surface area contributed by atoms with Crippen molar-refractivity contribution in [3.63, 3.8) is 0 Å². The first-order valence-corrected chi connectivity index (χ1v) is 8.60. The van der Waals surface area contributed by atoms with Gasteiger partial charge in [-0.05, 0) is 48.5 Å². The Kier molecular flexibility index (Phi) is 5.35. The van der Waals surface area contributed by atoms with Crippen LogP contribution in [-0.2, 0) is 9.53 Å². The van der Waals surface area contributed by atoms with E-state index in [0.29, 0.717) is 35.9 Å². The molecular weight excluding hydrogens is 343 g/mol. The number of thioether (sulfide) groups is 1. The summed E-state index contributed by atoms with van der Waals surface area (Å²) in [5.74, 6) is -0.687. The van der Waals surface area contributed by atoms with Crippen molar-refractivity contribution in [2.75, 3.05) is 20.3 Å². The monoisotopic (exact) mass is 360 g/mol. The largest absolute Gasteiger partial charge is 0.385 e. The summed E-state index contributed by atoms with van der Waals surface area (Å²) >= 11 is 0.897. The van der Waals surface area contributed by atoms with Crippen LogP contribution in [-0.4, -0.2) is 40.9 Å². The average molecular weight is 360 g/mol. The second-order valence-electron chi connectivity index (χ2n) is 5.43. The maximum Gasteiger partial charge on any atom is 0.293 e. The van der Waals surface area contributed by atoms with Crippen LogP contribution in [0.25, 0.3) is 11.8 Å². The van der Waals surface area contributed by atoms with Crippen molar-refractivity contribution in [3.8, 4) is 5.69 Å². The van der Waals surface area contributed by atoms with Crippen molar-refractivity contribution in [1.82, 2.24) is 9.47 Å². The summed E-state index contributed by atoms with van der Waals surface area (Å²) in [5.41, 5.74) is 1.02. The highest BCUT2D eigenvalue weighted by molar-refractivity contribution is 8.18. The van der Waals surface area contributed by atoms with Gasteiger partial charge in [0.15, 0.2) is 0 Å². The number of aromatic nitrogens is 1. The fourth-order valence-corrected chi connectivity index (χ4v) is 3.42. The Bertz CT molecular complexity index is 831. The summed E-state index contributed by atoms with van der Waals surface area (Å²) in [7, 11) is 1.57. The van der Waals surface area contributed by atoms with E-state index in [1.807, 2.05) is 0 Å². The molecule has 1 aliphatic heterocycles. The molecule has 0 spiro atoms. The first-order chi connectivity index (χ1) is 12.1. The average Bonchev–Trinajstić information content (AvgIpc) is 3.15. The van der Waals surface area contributed by atoms with E-state index in [4.69, 9.17) is 4.74 Å². The van der Waals surface area contributed by atoms with Crippen LogP contribution in [0.15, 0.2) is 47.5 Å². The van der Waals surface area contributed by atoms with Crippen molar-refractivity contribution in [2.24, 2.45) is 0 Å². The number of carbonyl (C=O) groups excluding carboxylic acids is 2. The molecule has 7 heteroatoms. The lowest BCUT2D eigenvalue weighted by Gasteiger charge is -2.11. The molecule has 0 saturated carbocycles. The van der Waals surface area contributed by atoms with Gasteiger partial charge in [-0.25, -0.2) is 4.39 Å². The SMILES string of the molecule is COCCCN1C(=O)S/C(=C/c2cccn2-c2ccccc2F)C1=O. The number of nitrogens with zero attached hydrogens (tertiary/aromatic N) is 2. The number of hydrogen-bond donors (Lipinski definition) is 0. The molecule has 0 aliphatic carbocycles. The maximum absolute atomic E-state index is 14.0. The minimum atomic E-state index is -0.360. The molecule has 2 amide bonds. The van der Waals surface area contributed by atoms with Crippen molar-refractivity contribution in [3.05, 3.63) is 59.0 Å². The predicted molar refractivity (Wildman–Crippen MR) is 94.9 cm³/mol. The second kappa shape index (κ2) is 7.67. The highest BCUT2D eigenvalue weighted by Gasteiger charge is 2.34. The van der Waals surface area contributed by atoms with Gasteiger partial charge in [0.2, 0.25) is 0 Å². The van der Waals surface area contributed by atoms with Crippen LogP contribution in [0.3, 0.4) is 0 Å². The Morgan fingerprint density at radius 3 is 2.76 bits per heavy atom. The van der Waals surface area contributed by atoms with Gasteiger partial charge in [0.05, 0.1) is 10.6 Å². The van der Waals surface area contributed by atoms with Crippen molar-refractivity contribution in [2.45, 2.75) is 6.42 Å². The zero-order valence-corrected chi connectivity index (χ0v) is 14.5. The highest BCUT2D eigenvalue weighted by Crippen LogP contribution is 2.32. The van der Waals surface area contributed by atoms with Gasteiger partial charge in [-0.3, -0.25) is 14.5 Å². The Balaban J connectivity index is 1.85. The van der Waals surface area contributed by atoms with Crippen LogP contribution in [0.2, 0.25) is 0 Å². The van der Waals surface area contributed by atoms with Gasteiger partial charge in [-0.15, -0.1) is 0 Å². The molecule has 1 saturated heterocycles. The predicted octanol–water partition coefficient (Wildman–Crippen LogP) is 3.69. The van der Waals surface area contributed by atoms with Crippen LogP contribution in [0.4, 0.5) is 9.18 Å². The molecule has 2 heterocycles. The lowest BCUT2D eigenvalue weighted by Crippen LogP contribution is -2.29. The highest BCUT2D eigenvalue weighted by atomic mass is 32.2. The Labute approximate surface area is 149 Å². The van der Waals surface area contributed by atoms with Gasteiger partial charge in [0.1, 0.15) is 5.82 Å². The zero-order valence-electron chi connectivity index (χ0n) is 13.6. The Morgan fingerprint density at radius 2 is 2.00 bits per heavy atom. The molecule has 1 fully saturated rings. The summed E-state index contributed by atoms with van der Waals surface area (Å²) < 4.78 is 20.6. The third kappa shape index (κ3) is 3.67. The summed E-state index contributed by atoms with van der Waals surface area (Å²) in [4.78, 5) is 26.0. The summed E-state index contributed by atoms with van der Waals surface area (Å²) in [6.07, 6.45) is 3.92. The number of methoxy groups -OCH3 is 1. The Hall–Kier alpha value is -2.38. The molecule has 3 rings (SSSR count). The summed E-state index contributed by atoms with van der Waals surface area (Å²) in [6.45, 7) is 0.807. The van der Waals surface area contributed by atoms with Crippen LogP contribution in [0, 0.1) is 5.82 Å². The molecule has 5 nitrogen and oxygen atoms in total. The van der Waals surface area contributed by atoms with Crippen LogP contribution >= 0.6 is 11.8 Å². The maximum atomic E-state index is 14.0. The van der Waals surface area contributed by atoms with Gasteiger partial charge >= 0.3 is 0 Å². The molecule has 2 aromatic rings. The van der Waals surface area contributed by atoms with Crippen LogP contribution < -0.4 is 0 Å². The standard InChI is InChI=1S/C18H17FN2O3S/c1-24-11-5-10-21-17(22)16(25-18(21)23)12-13-6-4-9-20(13)15-8-3-2-7-14(15)19/h2-4,6-9,12H,5,10-11H2,1H3/b16-12+. The summed E-state index contributed by atoms with van der Waals surface area (Å²) in [5, 5.41) is -0.295. The second-order valence-corrected chi connectivity index (χ2v) is 6.43. The fraction of sp³-hybridized carbons (Fsp3) is 0.222. The number of rotatable bonds is 6. The lowest BCUT2D eigenvalue weighted by molar-refractivity contribution is -0.122. The summed E-state index contributed by atoms with van der Waals surface area (Å²) in [6, 6.07) is 9.93. The normalized spacial score (nSPS) is 16.2. The van der Waals surface area contributed by atoms with E-state index in [9.17, 15) is 14.0 Å². The third-order valence-corrected chi connectivity index (χ3v) is 4.68. The van der Waals surface area contributed by atoms with E-state index >= 15 is 0 Å². The van der Waals surface area contributed by atoms with E-state index in [-0.39, 0.29) is 17.0 Å². The van der Waals surface area contributed by atoms with Crippen molar-refractivity contribution < 1.29 is 18.7 Å². The first kappa shape index (κ1) is 17.4. The zero-order chi connectivity index (χ0) is 17.8. The number of amides is 2. The number of para-hydroxylation sites is 1. The molecule has 1 aromatic carbocycles. The van der Waals surface area contributed by atoms with E-state index < -0.39 is 0 Å². The molecule has 0 bridgehead atoms. The van der Waals surface area contributed by atoms with Crippen LogP contribution in [0.1, 0.15) is 12.1 Å². The molecule has 0 atom stereocenters. The number of imide groups is 1. The number of hydrogen-bond acceptors (Lipinski definition) is 4. The van der Waals surface area contributed by atoms with Gasteiger partial charge in [-0.1, -0.05) is 12.1 Å². The number of ether oxygens (including phenoxy) is 1. The molecule has 1 aliphatic rings. The van der Waals surface area contributed by atoms with E-state index in [1.54, 1.807) is 54.3 Å². The van der Waals surface area contributed by atoms with Crippen molar-refractivity contribution in [1.29, 1.82) is 0 Å². The number of benzene rings is 1. The van der Waals surface area contributed by atoms with E-state index in [0.717, 1.165) is 11.8 Å². The molecule has 25 heavy (non-hydrogen) atoms. The molecule has 0 radical (unpaired) electrons. The molecule has 0 N–H and O–H groups in total. The molecule has 130 valence electrons. The molecule has 1 aromatic heterocycles. The van der Waals surface area contributed by atoms with Crippen LogP contribution in [0.5, 0.6) is 0 Å². The number of halogens is 1. The Morgan fingerprint density at radius 1 is 1.20 bits per heavy atom. The van der Waals surface area contributed by atoms with Gasteiger partial charge in [0.25, 0.3) is 11.1 Å². The van der Waals surface area contributed by atoms with Gasteiger partial charge in [0, 0.05) is 32.2 Å². The first-order valence-electron chi connectivity index (χ1n) is 7.78. The van der Waals surface area contributed by atoms with Gasteiger partial charge < -0.3 is 9.30 Å².